The van der Waals surface area contributed by atoms with Crippen molar-refractivity contribution in [1.82, 2.24) is 0 Å². The molecule has 1 rings (SSSR count). The van der Waals surface area contributed by atoms with Crippen LogP contribution in [0, 0.1) is 12.3 Å². The largest absolute Gasteiger partial charge is 0.368 e. The highest BCUT2D eigenvalue weighted by Crippen LogP contribution is 2.13. The van der Waals surface area contributed by atoms with Crippen molar-refractivity contribution in [2.75, 3.05) is 13.2 Å². The molecule has 1 aliphatic heterocycles. The number of terminal acetylenes is 1. The molecule has 0 amide bonds. The maximum Gasteiger partial charge on any atom is 0.154 e. The maximum absolute atomic E-state index is 8.93. The average Bonchev–Trinajstić information content (AvgIpc) is 2.04. The molecule has 0 radical (unpaired) electrons. The Morgan fingerprint density at radius 3 is 3.00 bits per heavy atom. The minimum atomic E-state index is -0.610. The quantitative estimate of drug-likeness (QED) is 0.578. The molecular weight excluding hydrogens is 144 g/mol. The van der Waals surface area contributed by atoms with Crippen LogP contribution in [0.15, 0.2) is 0 Å². The Bertz CT molecular complexity index is 142. The molecule has 0 bridgehead atoms. The van der Waals surface area contributed by atoms with Crippen LogP contribution < -0.4 is 0 Å². The Hall–Kier alpha value is -0.560. The van der Waals surface area contributed by atoms with E-state index in [9.17, 15) is 0 Å². The maximum atomic E-state index is 8.93. The lowest BCUT2D eigenvalue weighted by Crippen LogP contribution is -2.31. The first-order chi connectivity index (χ1) is 5.33. The van der Waals surface area contributed by atoms with Crippen LogP contribution in [0.3, 0.4) is 0 Å². The number of aliphatic hydroxyl groups excluding tert-OH is 1. The van der Waals surface area contributed by atoms with E-state index in [0.29, 0.717) is 19.6 Å². The normalized spacial score (nSPS) is 31.3. The first-order valence-electron chi connectivity index (χ1n) is 3.67. The number of ether oxygens (including phenoxy) is 2. The summed E-state index contributed by atoms with van der Waals surface area (Å²) in [6, 6.07) is 0. The zero-order valence-corrected chi connectivity index (χ0v) is 6.32. The van der Waals surface area contributed by atoms with Crippen molar-refractivity contribution in [3.05, 3.63) is 0 Å². The molecule has 2 atom stereocenters. The van der Waals surface area contributed by atoms with Gasteiger partial charge in [0, 0.05) is 6.42 Å². The van der Waals surface area contributed by atoms with Crippen LogP contribution in [-0.4, -0.2) is 30.7 Å². The minimum Gasteiger partial charge on any atom is -0.368 e. The van der Waals surface area contributed by atoms with Crippen molar-refractivity contribution >= 4 is 0 Å². The van der Waals surface area contributed by atoms with Crippen molar-refractivity contribution in [1.29, 1.82) is 0 Å². The molecule has 0 spiro atoms. The van der Waals surface area contributed by atoms with Gasteiger partial charge in [0.1, 0.15) is 6.61 Å². The first-order valence-corrected chi connectivity index (χ1v) is 3.67. The summed E-state index contributed by atoms with van der Waals surface area (Å²) in [6.07, 6.45) is 5.92. The molecule has 1 heterocycles. The molecule has 0 saturated carbocycles. The van der Waals surface area contributed by atoms with Gasteiger partial charge in [0.05, 0.1) is 12.7 Å². The minimum absolute atomic E-state index is 0.0643. The predicted molar refractivity (Wildman–Crippen MR) is 39.8 cm³/mol. The second-order valence-corrected chi connectivity index (χ2v) is 2.50. The predicted octanol–water partition coefficient (Wildman–Crippen LogP) is 0.134. The number of hydrogen-bond donors (Lipinski definition) is 1. The lowest BCUT2D eigenvalue weighted by Gasteiger charge is -2.25. The van der Waals surface area contributed by atoms with E-state index in [1.807, 2.05) is 0 Å². The smallest absolute Gasteiger partial charge is 0.154 e. The fraction of sp³-hybridized carbons (Fsp3) is 0.750. The number of aliphatic hydroxyl groups is 1. The molecule has 0 aromatic rings. The fourth-order valence-electron chi connectivity index (χ4n) is 1.01. The van der Waals surface area contributed by atoms with Crippen molar-refractivity contribution in [2.45, 2.75) is 25.2 Å². The van der Waals surface area contributed by atoms with Gasteiger partial charge in [0.15, 0.2) is 6.29 Å². The van der Waals surface area contributed by atoms with E-state index in [2.05, 4.69) is 5.92 Å². The summed E-state index contributed by atoms with van der Waals surface area (Å²) in [6.45, 7) is 0.771. The van der Waals surface area contributed by atoms with Gasteiger partial charge < -0.3 is 14.6 Å². The lowest BCUT2D eigenvalue weighted by atomic mass is 10.1. The second kappa shape index (κ2) is 4.35. The Labute approximate surface area is 66.3 Å². The van der Waals surface area contributed by atoms with Gasteiger partial charge in [-0.15, -0.1) is 6.42 Å². The Morgan fingerprint density at radius 2 is 2.45 bits per heavy atom. The Morgan fingerprint density at radius 1 is 1.64 bits per heavy atom. The molecule has 0 aromatic heterocycles. The van der Waals surface area contributed by atoms with Gasteiger partial charge >= 0.3 is 0 Å². The number of hydrogen-bond acceptors (Lipinski definition) is 3. The summed E-state index contributed by atoms with van der Waals surface area (Å²) in [4.78, 5) is 0. The molecule has 0 aromatic carbocycles. The van der Waals surface area contributed by atoms with E-state index >= 15 is 0 Å². The molecule has 0 aliphatic carbocycles. The van der Waals surface area contributed by atoms with E-state index in [0.717, 1.165) is 6.42 Å². The highest BCUT2D eigenvalue weighted by atomic mass is 16.6. The molecule has 3 heteroatoms. The van der Waals surface area contributed by atoms with Gasteiger partial charge in [-0.25, -0.2) is 0 Å². The van der Waals surface area contributed by atoms with Crippen LogP contribution in [0.5, 0.6) is 0 Å². The van der Waals surface area contributed by atoms with Crippen LogP contribution >= 0.6 is 0 Å². The van der Waals surface area contributed by atoms with Crippen LogP contribution in [0.25, 0.3) is 0 Å². The van der Waals surface area contributed by atoms with Crippen LogP contribution in [0.2, 0.25) is 0 Å². The number of rotatable bonds is 2. The van der Waals surface area contributed by atoms with E-state index in [4.69, 9.17) is 21.0 Å². The topological polar surface area (TPSA) is 38.7 Å². The summed E-state index contributed by atoms with van der Waals surface area (Å²) < 4.78 is 10.2. The molecule has 1 fully saturated rings. The molecule has 1 aliphatic rings. The highest BCUT2D eigenvalue weighted by Gasteiger charge is 2.19. The first kappa shape index (κ1) is 8.54. The van der Waals surface area contributed by atoms with Crippen LogP contribution in [0.1, 0.15) is 12.8 Å². The van der Waals surface area contributed by atoms with Crippen LogP contribution in [-0.2, 0) is 9.47 Å². The van der Waals surface area contributed by atoms with Crippen molar-refractivity contribution in [2.24, 2.45) is 0 Å². The summed E-state index contributed by atoms with van der Waals surface area (Å²) in [5.41, 5.74) is 0. The van der Waals surface area contributed by atoms with Gasteiger partial charge in [-0.2, -0.15) is 0 Å². The molecule has 62 valence electrons. The zero-order valence-electron chi connectivity index (χ0n) is 6.32. The van der Waals surface area contributed by atoms with Gasteiger partial charge in [0.25, 0.3) is 0 Å². The molecular formula is C8H12O3. The average molecular weight is 156 g/mol. The molecule has 11 heavy (non-hydrogen) atoms. The van der Waals surface area contributed by atoms with Gasteiger partial charge in [-0.1, -0.05) is 5.92 Å². The zero-order chi connectivity index (χ0) is 8.10. The van der Waals surface area contributed by atoms with Gasteiger partial charge in [-0.05, 0) is 6.42 Å². The lowest BCUT2D eigenvalue weighted by molar-refractivity contribution is -0.164. The summed E-state index contributed by atoms with van der Waals surface area (Å²) >= 11 is 0. The Kier molecular flexibility index (Phi) is 3.37. The third kappa shape index (κ3) is 2.89. The molecule has 0 unspecified atom stereocenters. The summed E-state index contributed by atoms with van der Waals surface area (Å²) in [5, 5.41) is 8.93. The van der Waals surface area contributed by atoms with Crippen molar-refractivity contribution in [3.8, 4) is 12.3 Å². The third-order valence-electron chi connectivity index (χ3n) is 1.61. The third-order valence-corrected chi connectivity index (χ3v) is 1.61. The fourth-order valence-corrected chi connectivity index (χ4v) is 1.01. The second-order valence-electron chi connectivity index (χ2n) is 2.50. The van der Waals surface area contributed by atoms with Gasteiger partial charge in [0.2, 0.25) is 0 Å². The standard InChI is InChI=1S/C8H12O3/c1-2-5-10-7-3-4-8(9)11-6-7/h1,7-9H,3-6H2/t7-,8+/m1/s1. The monoisotopic (exact) mass is 156 g/mol. The van der Waals surface area contributed by atoms with Crippen molar-refractivity contribution in [3.63, 3.8) is 0 Å². The summed E-state index contributed by atoms with van der Waals surface area (Å²) in [5.74, 6) is 2.39. The summed E-state index contributed by atoms with van der Waals surface area (Å²) in [7, 11) is 0. The van der Waals surface area contributed by atoms with E-state index < -0.39 is 6.29 Å². The van der Waals surface area contributed by atoms with Crippen molar-refractivity contribution < 1.29 is 14.6 Å². The van der Waals surface area contributed by atoms with E-state index in [1.165, 1.54) is 0 Å². The van der Waals surface area contributed by atoms with Gasteiger partial charge in [-0.3, -0.25) is 0 Å². The molecule has 1 saturated heterocycles. The van der Waals surface area contributed by atoms with Crippen LogP contribution in [0.4, 0.5) is 0 Å². The molecule has 1 N–H and O–H groups in total. The van der Waals surface area contributed by atoms with E-state index in [1.54, 1.807) is 0 Å². The Balaban J connectivity index is 2.13. The van der Waals surface area contributed by atoms with E-state index in [-0.39, 0.29) is 6.10 Å². The highest BCUT2D eigenvalue weighted by molar-refractivity contribution is 4.83. The molecule has 3 nitrogen and oxygen atoms in total. The SMILES string of the molecule is C#CCO[C@@H]1CC[C@@H](O)OC1.